The normalized spacial score (nSPS) is 25.7. The van der Waals surface area contributed by atoms with E-state index in [1.807, 2.05) is 6.08 Å². The van der Waals surface area contributed by atoms with Gasteiger partial charge < -0.3 is 28.4 Å². The molecule has 0 aromatic rings. The molecular weight excluding hydrogens is 1560 g/mol. The number of allylic oxidation sites excluding steroid dienone is 18. The zero-order valence-electron chi connectivity index (χ0n) is 80.1. The summed E-state index contributed by atoms with van der Waals surface area (Å²) in [6.45, 7) is 23.5. The van der Waals surface area contributed by atoms with Crippen molar-refractivity contribution in [3.8, 4) is 0 Å². The zero-order chi connectivity index (χ0) is 90.0. The van der Waals surface area contributed by atoms with Crippen LogP contribution in [0.25, 0.3) is 0 Å². The second-order valence-electron chi connectivity index (χ2n) is 38.4. The highest BCUT2D eigenvalue weighted by Crippen LogP contribution is 2.47. The van der Waals surface area contributed by atoms with E-state index < -0.39 is 12.2 Å². The van der Waals surface area contributed by atoms with E-state index in [-0.39, 0.29) is 87.9 Å². The molecule has 0 radical (unpaired) electrons. The molecule has 2 heterocycles. The molecule has 12 heteroatoms. The Morgan fingerprint density at radius 1 is 0.317 bits per heavy atom. The Morgan fingerprint density at radius 3 is 1.05 bits per heavy atom. The molecule has 0 fully saturated rings. The SMILES string of the molecule is C=CCCCCC1C=CC(CCCCCCCC(=O)OCC2COC(=O)CCCCCCCC3C=CC(CCCCC=C)C(CCCCC=C)C3C=CCCCCCCCC(=O)O2)C(C=CCCCCCCCC(=O)OCC2COC(=O)CCCCCCCC=CC3C(C=CC(CCCCC=C)C3CCCCC=C)CCCCCCCC(=O)O2)C1CCCCC=C. The minimum Gasteiger partial charge on any atom is -0.462 e. The van der Waals surface area contributed by atoms with Crippen LogP contribution < -0.4 is 0 Å². The van der Waals surface area contributed by atoms with E-state index >= 15 is 0 Å². The van der Waals surface area contributed by atoms with E-state index in [0.29, 0.717) is 83.9 Å². The standard InChI is InChI=1S/C114H184O12/c1-7-13-19-49-67-95-85-88-98(70-52-37-34-46-63-81-111(117)123-93-101-94-124-112(118)82-64-47-35-38-53-71-99-89-86-96(68-50-20-14-8-2)104(74-56-23-17-11-5)107(99)78-60-42-30-27-33-45-65-83-113(119)125-101)106(103(95)73-55-22-16-10-4)76-58-40-28-25-31-43-61-79-109(115)121-91-102-92-122-110(116)80-62-44-32-26-29-41-59-77-108-100(72-54-39-36-48-66-84-114(120)126-102)90-87-97(69-51-21-15-9-3)105(108)75-57-24-18-12-6/h7-12,58-60,76-78,85-90,95-108H,1-6,13-57,61-75,79-84,91-94H2. The van der Waals surface area contributed by atoms with Crippen molar-refractivity contribution in [3.05, 3.63) is 149 Å². The Bertz CT molecular complexity index is 3090. The van der Waals surface area contributed by atoms with Gasteiger partial charge in [-0.3, -0.25) is 28.8 Å². The molecule has 0 aromatic heterocycles. The van der Waals surface area contributed by atoms with Crippen LogP contribution in [0.5, 0.6) is 0 Å². The summed E-state index contributed by atoms with van der Waals surface area (Å²) in [4.78, 5) is 79.2. The molecule has 0 spiro atoms. The van der Waals surface area contributed by atoms with Gasteiger partial charge in [0.2, 0.25) is 0 Å². The molecule has 2 aliphatic heterocycles. The van der Waals surface area contributed by atoms with Crippen molar-refractivity contribution in [3.63, 3.8) is 0 Å². The Morgan fingerprint density at radius 2 is 0.627 bits per heavy atom. The summed E-state index contributed by atoms with van der Waals surface area (Å²) >= 11 is 0. The molecule has 14 atom stereocenters. The summed E-state index contributed by atoms with van der Waals surface area (Å²) in [6, 6.07) is 0. The minimum absolute atomic E-state index is 0.123. The molecule has 0 N–H and O–H groups in total. The zero-order valence-corrected chi connectivity index (χ0v) is 80.1. The molecule has 14 unspecified atom stereocenters. The van der Waals surface area contributed by atoms with Crippen LogP contribution in [0.15, 0.2) is 149 Å². The lowest BCUT2D eigenvalue weighted by Gasteiger charge is -2.39. The molecule has 0 bridgehead atoms. The second-order valence-corrected chi connectivity index (χ2v) is 38.4. The predicted octanol–water partition coefficient (Wildman–Crippen LogP) is 31.6. The first-order chi connectivity index (χ1) is 61.9. The predicted molar refractivity (Wildman–Crippen MR) is 526 cm³/mol. The average molecular weight is 1750 g/mol. The minimum atomic E-state index is -0.844. The maximum atomic E-state index is 13.3. The Labute approximate surface area is 770 Å². The topological polar surface area (TPSA) is 158 Å². The van der Waals surface area contributed by atoms with Crippen LogP contribution >= 0.6 is 0 Å². The van der Waals surface area contributed by atoms with Crippen LogP contribution in [0.4, 0.5) is 0 Å². The van der Waals surface area contributed by atoms with E-state index in [9.17, 15) is 28.8 Å². The van der Waals surface area contributed by atoms with Gasteiger partial charge in [-0.2, -0.15) is 0 Å². The number of ether oxygens (including phenoxy) is 6. The Balaban J connectivity index is 1.04. The van der Waals surface area contributed by atoms with Crippen LogP contribution in [0.3, 0.4) is 0 Å². The molecule has 5 rings (SSSR count). The second kappa shape index (κ2) is 75.4. The van der Waals surface area contributed by atoms with Crippen molar-refractivity contribution in [2.75, 3.05) is 26.4 Å². The fourth-order valence-corrected chi connectivity index (χ4v) is 20.6. The van der Waals surface area contributed by atoms with Gasteiger partial charge in [-0.05, 0) is 283 Å². The monoisotopic (exact) mass is 1750 g/mol. The summed E-state index contributed by atoms with van der Waals surface area (Å²) in [5.41, 5.74) is 0. The number of unbranched alkanes of at least 4 members (excludes halogenated alkanes) is 21. The number of cyclic esters (lactones) is 4. The van der Waals surface area contributed by atoms with E-state index in [1.165, 1.54) is 141 Å². The Hall–Kier alpha value is -6.30. The molecule has 3 aliphatic carbocycles. The third kappa shape index (κ3) is 52.5. The van der Waals surface area contributed by atoms with Crippen molar-refractivity contribution >= 4 is 35.8 Å². The quantitative estimate of drug-likeness (QED) is 0.0246. The lowest BCUT2D eigenvalue weighted by molar-refractivity contribution is -0.167. The van der Waals surface area contributed by atoms with Gasteiger partial charge in [0.05, 0.1) is 0 Å². The fourth-order valence-electron chi connectivity index (χ4n) is 20.6. The van der Waals surface area contributed by atoms with Crippen LogP contribution in [-0.4, -0.2) is 74.5 Å². The van der Waals surface area contributed by atoms with Crippen LogP contribution in [-0.2, 0) is 57.2 Å². The lowest BCUT2D eigenvalue weighted by atomic mass is 9.66. The molecule has 5 aliphatic rings. The third-order valence-corrected chi connectivity index (χ3v) is 28.0. The van der Waals surface area contributed by atoms with Gasteiger partial charge in [-0.1, -0.05) is 283 Å². The van der Waals surface area contributed by atoms with Gasteiger partial charge in [-0.15, -0.1) is 39.5 Å². The highest BCUT2D eigenvalue weighted by atomic mass is 16.6. The van der Waals surface area contributed by atoms with E-state index in [2.05, 4.69) is 143 Å². The van der Waals surface area contributed by atoms with Crippen molar-refractivity contribution in [1.82, 2.24) is 0 Å². The maximum Gasteiger partial charge on any atom is 0.306 e. The molecule has 0 aromatic carbocycles. The molecule has 126 heavy (non-hydrogen) atoms. The molecular formula is C114H184O12. The smallest absolute Gasteiger partial charge is 0.306 e. The first-order valence-electron chi connectivity index (χ1n) is 52.6. The molecule has 12 nitrogen and oxygen atoms in total. The van der Waals surface area contributed by atoms with Crippen LogP contribution in [0.2, 0.25) is 0 Å². The van der Waals surface area contributed by atoms with Crippen LogP contribution in [0, 0.1) is 71.0 Å². The number of hydrogen-bond acceptors (Lipinski definition) is 12. The number of carbonyl (C=O) groups is 6. The van der Waals surface area contributed by atoms with Gasteiger partial charge in [0.25, 0.3) is 0 Å². The van der Waals surface area contributed by atoms with Crippen molar-refractivity contribution < 1.29 is 57.2 Å². The number of carbonyl (C=O) groups excluding carboxylic acids is 6. The first kappa shape index (κ1) is 110. The largest absolute Gasteiger partial charge is 0.462 e. The van der Waals surface area contributed by atoms with Gasteiger partial charge in [0, 0.05) is 38.5 Å². The molecule has 0 saturated carbocycles. The van der Waals surface area contributed by atoms with Gasteiger partial charge in [-0.25, -0.2) is 0 Å². The summed E-state index contributed by atoms with van der Waals surface area (Å²) in [7, 11) is 0. The Kier molecular flexibility index (Phi) is 65.9. The van der Waals surface area contributed by atoms with Crippen LogP contribution in [0.1, 0.15) is 424 Å². The number of rotatable bonds is 51. The third-order valence-electron chi connectivity index (χ3n) is 28.0. The molecule has 0 saturated heterocycles. The van der Waals surface area contributed by atoms with E-state index in [4.69, 9.17) is 28.4 Å². The van der Waals surface area contributed by atoms with E-state index in [1.54, 1.807) is 0 Å². The number of esters is 6. The molecule has 0 amide bonds. The summed E-state index contributed by atoms with van der Waals surface area (Å²) < 4.78 is 34.7. The van der Waals surface area contributed by atoms with Gasteiger partial charge in [0.1, 0.15) is 26.4 Å². The van der Waals surface area contributed by atoms with Gasteiger partial charge in [0.15, 0.2) is 12.2 Å². The molecule has 712 valence electrons. The highest BCUT2D eigenvalue weighted by molar-refractivity contribution is 5.72. The highest BCUT2D eigenvalue weighted by Gasteiger charge is 2.37. The first-order valence-corrected chi connectivity index (χ1v) is 52.6. The van der Waals surface area contributed by atoms with Crippen molar-refractivity contribution in [2.24, 2.45) is 71.0 Å². The van der Waals surface area contributed by atoms with Crippen molar-refractivity contribution in [1.29, 1.82) is 0 Å². The average Bonchev–Trinajstić information content (AvgIpc) is 0.826. The van der Waals surface area contributed by atoms with Crippen molar-refractivity contribution in [2.45, 2.75) is 436 Å². The fraction of sp³-hybridized carbons (Fsp3) is 0.737. The maximum absolute atomic E-state index is 13.3. The lowest BCUT2D eigenvalue weighted by Crippen LogP contribution is -2.31. The summed E-state index contributed by atoms with van der Waals surface area (Å²) in [6.07, 6.45) is 108. The van der Waals surface area contributed by atoms with Gasteiger partial charge >= 0.3 is 35.8 Å². The summed E-state index contributed by atoms with van der Waals surface area (Å²) in [5.74, 6) is 4.98. The number of fused-ring (bicyclic) bond motifs is 2. The van der Waals surface area contributed by atoms with E-state index in [0.717, 1.165) is 244 Å². The summed E-state index contributed by atoms with van der Waals surface area (Å²) in [5, 5.41) is 0. The number of hydrogen-bond donors (Lipinski definition) is 0.